The molecule has 11 heteroatoms. The lowest BCUT2D eigenvalue weighted by Gasteiger charge is -2.41. The summed E-state index contributed by atoms with van der Waals surface area (Å²) in [6.45, 7) is 3.77. The van der Waals surface area contributed by atoms with Crippen LogP contribution in [0.15, 0.2) is 182 Å². The van der Waals surface area contributed by atoms with Crippen molar-refractivity contribution in [1.82, 2.24) is 0 Å². The standard InChI is InChI=1S/C52H42N2O7P2/c1-51(35-23-29-45(55)43(53)31-35,62(57)49-17-9-5-13-41(49)39-11-3-7-15-47(39)60-62)33-19-25-37(26-20-33)59-38-27-21-34(22-28-38)52(2,36-24-30-46(56)44(54)32-36)63(58)50-18-10-6-14-42(50)40-12-4-8-16-48(40)61-63/h3-32,55-56H,53-54H2,1-2H3. The van der Waals surface area contributed by atoms with Gasteiger partial charge in [-0.25, -0.2) is 0 Å². The van der Waals surface area contributed by atoms with Gasteiger partial charge in [0.25, 0.3) is 14.7 Å². The number of anilines is 2. The molecule has 2 aliphatic rings. The Labute approximate surface area is 365 Å². The maximum Gasteiger partial charge on any atom is 0.292 e. The van der Waals surface area contributed by atoms with Crippen LogP contribution in [0.5, 0.6) is 34.5 Å². The maximum absolute atomic E-state index is 15.9. The molecule has 0 aromatic heterocycles. The summed E-state index contributed by atoms with van der Waals surface area (Å²) in [7, 11) is -7.72. The molecular weight excluding hydrogens is 827 g/mol. The predicted octanol–water partition coefficient (Wildman–Crippen LogP) is 11.9. The molecule has 6 N–H and O–H groups in total. The van der Waals surface area contributed by atoms with Crippen molar-refractivity contribution >= 4 is 36.7 Å². The van der Waals surface area contributed by atoms with Crippen molar-refractivity contribution in [2.24, 2.45) is 0 Å². The van der Waals surface area contributed by atoms with E-state index < -0.39 is 25.0 Å². The van der Waals surface area contributed by atoms with E-state index >= 15 is 9.13 Å². The number of hydrogen-bond donors (Lipinski definition) is 4. The molecule has 0 fully saturated rings. The van der Waals surface area contributed by atoms with Gasteiger partial charge in [0.2, 0.25) is 0 Å². The SMILES string of the molecule is CC(c1ccc(Oc2ccc(C(C)(c3ccc(O)c(N)c3)P3(=O)Oc4ccccc4-c4ccccc43)cc2)cc1)(c1ccc(O)c(N)c1)P1(=O)Oc2ccccc2-c2ccccc21. The summed E-state index contributed by atoms with van der Waals surface area (Å²) in [6.07, 6.45) is 0. The number of fused-ring (bicyclic) bond motifs is 6. The highest BCUT2D eigenvalue weighted by Gasteiger charge is 2.55. The van der Waals surface area contributed by atoms with Gasteiger partial charge >= 0.3 is 0 Å². The Morgan fingerprint density at radius 1 is 0.444 bits per heavy atom. The molecule has 9 nitrogen and oxygen atoms in total. The molecule has 4 atom stereocenters. The largest absolute Gasteiger partial charge is 0.506 e. The molecule has 8 aromatic rings. The Bertz CT molecular complexity index is 3000. The van der Waals surface area contributed by atoms with E-state index in [-0.39, 0.29) is 22.9 Å². The zero-order chi connectivity index (χ0) is 43.7. The number of ether oxygens (including phenoxy) is 1. The Morgan fingerprint density at radius 2 is 0.778 bits per heavy atom. The van der Waals surface area contributed by atoms with Crippen molar-refractivity contribution in [3.8, 4) is 56.8 Å². The number of nitrogen functional groups attached to an aromatic ring is 2. The summed E-state index contributed by atoms with van der Waals surface area (Å²) in [4.78, 5) is 0. The second kappa shape index (κ2) is 14.7. The minimum Gasteiger partial charge on any atom is -0.506 e. The molecule has 312 valence electrons. The van der Waals surface area contributed by atoms with Crippen LogP contribution < -0.4 is 35.9 Å². The number of phenols is 2. The second-order valence-corrected chi connectivity index (χ2v) is 21.5. The molecule has 0 saturated heterocycles. The molecule has 0 radical (unpaired) electrons. The van der Waals surface area contributed by atoms with Crippen LogP contribution >= 0.6 is 14.7 Å². The van der Waals surface area contributed by atoms with Gasteiger partial charge in [0.05, 0.1) is 22.0 Å². The molecule has 0 saturated carbocycles. The number of rotatable bonds is 8. The molecule has 10 rings (SSSR count). The summed E-state index contributed by atoms with van der Waals surface area (Å²) in [5.74, 6) is 1.89. The summed E-state index contributed by atoms with van der Waals surface area (Å²) >= 11 is 0. The molecule has 8 aromatic carbocycles. The van der Waals surface area contributed by atoms with Crippen molar-refractivity contribution in [2.75, 3.05) is 11.5 Å². The molecule has 2 heterocycles. The second-order valence-electron chi connectivity index (χ2n) is 16.2. The number of hydrogen-bond acceptors (Lipinski definition) is 9. The van der Waals surface area contributed by atoms with Gasteiger partial charge in [-0.1, -0.05) is 109 Å². The average molecular weight is 869 g/mol. The highest BCUT2D eigenvalue weighted by Crippen LogP contribution is 2.70. The lowest BCUT2D eigenvalue weighted by Crippen LogP contribution is -2.34. The van der Waals surface area contributed by atoms with Gasteiger partial charge in [-0.05, 0) is 120 Å². The highest BCUT2D eigenvalue weighted by molar-refractivity contribution is 7.69. The van der Waals surface area contributed by atoms with E-state index in [2.05, 4.69) is 0 Å². The molecule has 4 unspecified atom stereocenters. The van der Waals surface area contributed by atoms with Crippen LogP contribution in [0.4, 0.5) is 11.4 Å². The van der Waals surface area contributed by atoms with Crippen LogP contribution in [0.1, 0.15) is 36.1 Å². The first-order chi connectivity index (χ1) is 30.3. The first-order valence-electron chi connectivity index (χ1n) is 20.4. The van der Waals surface area contributed by atoms with Crippen LogP contribution in [0.3, 0.4) is 0 Å². The van der Waals surface area contributed by atoms with Gasteiger partial charge in [0.1, 0.15) is 44.8 Å². The Balaban J connectivity index is 1.03. The van der Waals surface area contributed by atoms with Gasteiger partial charge in [-0.15, -0.1) is 0 Å². The monoisotopic (exact) mass is 868 g/mol. The zero-order valence-corrected chi connectivity index (χ0v) is 36.1. The van der Waals surface area contributed by atoms with Crippen LogP contribution in [0, 0.1) is 0 Å². The van der Waals surface area contributed by atoms with Crippen LogP contribution in [0.25, 0.3) is 22.3 Å². The quantitative estimate of drug-likeness (QED) is 0.0663. The summed E-state index contributed by atoms with van der Waals surface area (Å²) < 4.78 is 51.6. The van der Waals surface area contributed by atoms with Gasteiger partial charge in [0, 0.05) is 11.1 Å². The lowest BCUT2D eigenvalue weighted by molar-refractivity contribution is 0.460. The topological polar surface area (TPSA) is 154 Å². The molecule has 0 bridgehead atoms. The number of para-hydroxylation sites is 2. The van der Waals surface area contributed by atoms with E-state index in [0.29, 0.717) is 55.9 Å². The normalized spacial score (nSPS) is 19.0. The Morgan fingerprint density at radius 3 is 1.16 bits per heavy atom. The Kier molecular flexibility index (Phi) is 9.34. The minimum absolute atomic E-state index is 0.0781. The number of aromatic hydroxyl groups is 2. The first-order valence-corrected chi connectivity index (χ1v) is 23.6. The van der Waals surface area contributed by atoms with E-state index in [4.69, 9.17) is 25.3 Å². The minimum atomic E-state index is -3.86. The molecular formula is C52H42N2O7P2. The fourth-order valence-corrected chi connectivity index (χ4v) is 15.0. The molecule has 0 aliphatic carbocycles. The molecule has 0 spiro atoms. The van der Waals surface area contributed by atoms with Crippen molar-refractivity contribution in [3.63, 3.8) is 0 Å². The fourth-order valence-electron chi connectivity index (χ4n) is 9.05. The number of benzene rings is 8. The predicted molar refractivity (Wildman–Crippen MR) is 250 cm³/mol. The van der Waals surface area contributed by atoms with Crippen LogP contribution in [-0.4, -0.2) is 10.2 Å². The molecule has 2 aliphatic heterocycles. The number of phenolic OH excluding ortho intramolecular Hbond substituents is 2. The van der Waals surface area contributed by atoms with E-state index in [1.54, 1.807) is 24.3 Å². The van der Waals surface area contributed by atoms with Gasteiger partial charge in [-0.2, -0.15) is 0 Å². The Hall–Kier alpha value is -7.18. The van der Waals surface area contributed by atoms with E-state index in [0.717, 1.165) is 22.3 Å². The van der Waals surface area contributed by atoms with Crippen molar-refractivity contribution in [2.45, 2.75) is 24.2 Å². The highest BCUT2D eigenvalue weighted by atomic mass is 31.2. The van der Waals surface area contributed by atoms with Gasteiger partial charge < -0.3 is 35.5 Å². The summed E-state index contributed by atoms with van der Waals surface area (Å²) in [5, 5.41) is 19.5. The maximum atomic E-state index is 15.9. The van der Waals surface area contributed by atoms with Crippen molar-refractivity contribution < 1.29 is 33.1 Å². The van der Waals surface area contributed by atoms with Crippen LogP contribution in [-0.2, 0) is 19.4 Å². The van der Waals surface area contributed by atoms with Crippen molar-refractivity contribution in [3.05, 3.63) is 204 Å². The smallest absolute Gasteiger partial charge is 0.292 e. The summed E-state index contributed by atoms with van der Waals surface area (Å²) in [6, 6.07) is 54.8. The third-order valence-corrected chi connectivity index (χ3v) is 19.0. The van der Waals surface area contributed by atoms with Gasteiger partial charge in [0.15, 0.2) is 0 Å². The third-order valence-electron chi connectivity index (χ3n) is 12.7. The van der Waals surface area contributed by atoms with Gasteiger partial charge in [-0.3, -0.25) is 9.13 Å². The average Bonchev–Trinajstić information content (AvgIpc) is 3.31. The first kappa shape index (κ1) is 39.9. The fraction of sp³-hybridized carbons (Fsp3) is 0.0769. The van der Waals surface area contributed by atoms with E-state index in [1.165, 1.54) is 12.1 Å². The summed E-state index contributed by atoms with van der Waals surface area (Å²) in [5.41, 5.74) is 18.8. The molecule has 63 heavy (non-hydrogen) atoms. The third kappa shape index (κ3) is 6.06. The van der Waals surface area contributed by atoms with E-state index in [9.17, 15) is 10.2 Å². The zero-order valence-electron chi connectivity index (χ0n) is 34.3. The molecule has 0 amide bonds. The van der Waals surface area contributed by atoms with Crippen LogP contribution in [0.2, 0.25) is 0 Å². The number of nitrogens with two attached hydrogens (primary N) is 2. The van der Waals surface area contributed by atoms with E-state index in [1.807, 2.05) is 159 Å². The van der Waals surface area contributed by atoms with Crippen molar-refractivity contribution in [1.29, 1.82) is 0 Å². The lowest BCUT2D eigenvalue weighted by atomic mass is 9.91.